The van der Waals surface area contributed by atoms with Crippen LogP contribution in [0.4, 0.5) is 5.69 Å². The van der Waals surface area contributed by atoms with E-state index in [1.165, 1.54) is 6.20 Å². The molecule has 1 aromatic heterocycles. The van der Waals surface area contributed by atoms with Crippen LogP contribution in [0.3, 0.4) is 0 Å². The molecule has 0 aliphatic rings. The van der Waals surface area contributed by atoms with E-state index in [-0.39, 0.29) is 18.0 Å². The molecule has 5 N–H and O–H groups in total. The summed E-state index contributed by atoms with van der Waals surface area (Å²) in [5.74, 6) is -2.72. The van der Waals surface area contributed by atoms with Gasteiger partial charge in [0, 0.05) is 30.2 Å². The number of phenols is 3. The molecule has 0 aliphatic carbocycles. The van der Waals surface area contributed by atoms with Gasteiger partial charge < -0.3 is 26.0 Å². The topological polar surface area (TPSA) is 132 Å². The van der Waals surface area contributed by atoms with Crippen LogP contribution >= 0.6 is 0 Å². The van der Waals surface area contributed by atoms with Gasteiger partial charge in [-0.05, 0) is 42.0 Å². The van der Waals surface area contributed by atoms with Crippen LogP contribution in [0.2, 0.25) is 0 Å². The van der Waals surface area contributed by atoms with E-state index in [0.717, 1.165) is 17.7 Å². The Morgan fingerprint density at radius 3 is 2.32 bits per heavy atom. The molecule has 0 saturated heterocycles. The zero-order valence-corrected chi connectivity index (χ0v) is 14.6. The second-order valence-corrected chi connectivity index (χ2v) is 5.94. The van der Waals surface area contributed by atoms with E-state index < -0.39 is 23.2 Å². The first-order valence-corrected chi connectivity index (χ1v) is 8.27. The number of aromatic hydroxyl groups is 3. The number of nitrogens with zero attached hydrogens (tertiary/aromatic N) is 1. The summed E-state index contributed by atoms with van der Waals surface area (Å²) in [4.78, 5) is 28.3. The third-order valence-electron chi connectivity index (χ3n) is 3.89. The van der Waals surface area contributed by atoms with Gasteiger partial charge in [-0.1, -0.05) is 12.1 Å². The Bertz CT molecular complexity index is 998. The molecule has 0 spiro atoms. The zero-order chi connectivity index (χ0) is 20.1. The largest absolute Gasteiger partial charge is 0.504 e. The van der Waals surface area contributed by atoms with Crippen LogP contribution in [-0.2, 0) is 6.54 Å². The van der Waals surface area contributed by atoms with Gasteiger partial charge in [0.15, 0.2) is 17.2 Å². The summed E-state index contributed by atoms with van der Waals surface area (Å²) in [7, 11) is 0. The van der Waals surface area contributed by atoms with E-state index in [9.17, 15) is 24.9 Å². The van der Waals surface area contributed by atoms with Gasteiger partial charge in [0.25, 0.3) is 11.8 Å². The normalized spacial score (nSPS) is 10.3. The van der Waals surface area contributed by atoms with Crippen molar-refractivity contribution in [3.8, 4) is 17.2 Å². The van der Waals surface area contributed by atoms with E-state index in [2.05, 4.69) is 15.6 Å². The van der Waals surface area contributed by atoms with Crippen molar-refractivity contribution in [1.29, 1.82) is 0 Å². The van der Waals surface area contributed by atoms with Gasteiger partial charge in [0.05, 0.1) is 5.56 Å². The highest BCUT2D eigenvalue weighted by Crippen LogP contribution is 2.35. The van der Waals surface area contributed by atoms with Gasteiger partial charge in [-0.25, -0.2) is 0 Å². The molecular formula is C20H17N3O5. The fourth-order valence-corrected chi connectivity index (χ4v) is 2.48. The SMILES string of the molecule is O=C(NCc1cccc(NC(=O)c2cccnc2)c1)c1cc(O)c(O)c(O)c1. The third-order valence-corrected chi connectivity index (χ3v) is 3.89. The summed E-state index contributed by atoms with van der Waals surface area (Å²) < 4.78 is 0. The molecule has 28 heavy (non-hydrogen) atoms. The lowest BCUT2D eigenvalue weighted by atomic mass is 10.1. The van der Waals surface area contributed by atoms with Gasteiger partial charge in [0.1, 0.15) is 0 Å². The summed E-state index contributed by atoms with van der Waals surface area (Å²) in [5, 5.41) is 33.7. The summed E-state index contributed by atoms with van der Waals surface area (Å²) in [6.07, 6.45) is 3.04. The lowest BCUT2D eigenvalue weighted by Gasteiger charge is -2.10. The molecule has 8 nitrogen and oxygen atoms in total. The zero-order valence-electron chi connectivity index (χ0n) is 14.6. The van der Waals surface area contributed by atoms with Crippen LogP contribution in [0.1, 0.15) is 26.3 Å². The van der Waals surface area contributed by atoms with Crippen LogP contribution in [0, 0.1) is 0 Å². The second-order valence-electron chi connectivity index (χ2n) is 5.94. The van der Waals surface area contributed by atoms with Crippen LogP contribution in [0.25, 0.3) is 0 Å². The maximum absolute atomic E-state index is 12.2. The van der Waals surface area contributed by atoms with Gasteiger partial charge in [-0.15, -0.1) is 0 Å². The van der Waals surface area contributed by atoms with E-state index >= 15 is 0 Å². The van der Waals surface area contributed by atoms with Gasteiger partial charge in [-0.3, -0.25) is 14.6 Å². The van der Waals surface area contributed by atoms with Crippen molar-refractivity contribution in [2.24, 2.45) is 0 Å². The Kier molecular flexibility index (Phi) is 5.40. The fourth-order valence-electron chi connectivity index (χ4n) is 2.48. The van der Waals surface area contributed by atoms with E-state index in [1.54, 1.807) is 42.6 Å². The minimum atomic E-state index is -0.686. The molecule has 2 amide bonds. The van der Waals surface area contributed by atoms with Crippen molar-refractivity contribution in [1.82, 2.24) is 10.3 Å². The van der Waals surface area contributed by atoms with Gasteiger partial charge >= 0.3 is 0 Å². The number of pyridine rings is 1. The Hall–Kier alpha value is -4.07. The highest BCUT2D eigenvalue weighted by atomic mass is 16.3. The molecule has 8 heteroatoms. The highest BCUT2D eigenvalue weighted by molar-refractivity contribution is 6.04. The molecule has 0 bridgehead atoms. The van der Waals surface area contributed by atoms with E-state index in [4.69, 9.17) is 0 Å². The van der Waals surface area contributed by atoms with Crippen LogP contribution < -0.4 is 10.6 Å². The molecular weight excluding hydrogens is 362 g/mol. The molecule has 142 valence electrons. The maximum atomic E-state index is 12.2. The number of nitrogens with one attached hydrogen (secondary N) is 2. The number of hydrogen-bond acceptors (Lipinski definition) is 6. The Morgan fingerprint density at radius 1 is 0.893 bits per heavy atom. The van der Waals surface area contributed by atoms with Crippen molar-refractivity contribution < 1.29 is 24.9 Å². The molecule has 0 saturated carbocycles. The first-order valence-electron chi connectivity index (χ1n) is 8.27. The van der Waals surface area contributed by atoms with Crippen molar-refractivity contribution >= 4 is 17.5 Å². The van der Waals surface area contributed by atoms with Crippen molar-refractivity contribution in [2.75, 3.05) is 5.32 Å². The third kappa shape index (κ3) is 4.36. The maximum Gasteiger partial charge on any atom is 0.257 e. The molecule has 3 aromatic rings. The number of rotatable bonds is 5. The molecule has 2 aromatic carbocycles. The average Bonchev–Trinajstić information content (AvgIpc) is 2.70. The fraction of sp³-hybridized carbons (Fsp3) is 0.0500. The van der Waals surface area contributed by atoms with Crippen LogP contribution in [0.15, 0.2) is 60.9 Å². The van der Waals surface area contributed by atoms with Crippen molar-refractivity contribution in [3.63, 3.8) is 0 Å². The Morgan fingerprint density at radius 2 is 1.64 bits per heavy atom. The summed E-state index contributed by atoms with van der Waals surface area (Å²) in [6, 6.07) is 12.3. The lowest BCUT2D eigenvalue weighted by molar-refractivity contribution is 0.0949. The monoisotopic (exact) mass is 379 g/mol. The molecule has 0 unspecified atom stereocenters. The van der Waals surface area contributed by atoms with E-state index in [1.807, 2.05) is 0 Å². The summed E-state index contributed by atoms with van der Waals surface area (Å²) >= 11 is 0. The molecule has 1 heterocycles. The number of benzene rings is 2. The van der Waals surface area contributed by atoms with E-state index in [0.29, 0.717) is 11.3 Å². The van der Waals surface area contributed by atoms with Gasteiger partial charge in [0.2, 0.25) is 0 Å². The number of carbonyl (C=O) groups is 2. The predicted molar refractivity (Wildman–Crippen MR) is 101 cm³/mol. The minimum absolute atomic E-state index is 0.00571. The molecule has 0 radical (unpaired) electrons. The highest BCUT2D eigenvalue weighted by Gasteiger charge is 2.13. The molecule has 0 atom stereocenters. The van der Waals surface area contributed by atoms with Crippen molar-refractivity contribution in [2.45, 2.75) is 6.54 Å². The second kappa shape index (κ2) is 8.09. The van der Waals surface area contributed by atoms with Crippen LogP contribution in [-0.4, -0.2) is 32.1 Å². The minimum Gasteiger partial charge on any atom is -0.504 e. The molecule has 0 aliphatic heterocycles. The van der Waals surface area contributed by atoms with Crippen LogP contribution in [0.5, 0.6) is 17.2 Å². The standard InChI is InChI=1S/C20H17N3O5/c24-16-8-14(9-17(25)18(16)26)19(27)22-10-12-3-1-5-15(7-12)23-20(28)13-4-2-6-21-11-13/h1-9,11,24-26H,10H2,(H,22,27)(H,23,28). The number of aromatic nitrogens is 1. The number of hydrogen-bond donors (Lipinski definition) is 5. The predicted octanol–water partition coefficient (Wildman–Crippen LogP) is 2.38. The quantitative estimate of drug-likeness (QED) is 0.433. The van der Waals surface area contributed by atoms with Crippen molar-refractivity contribution in [3.05, 3.63) is 77.6 Å². The molecule has 0 fully saturated rings. The lowest BCUT2D eigenvalue weighted by Crippen LogP contribution is -2.22. The summed E-state index contributed by atoms with van der Waals surface area (Å²) in [5.41, 5.74) is 1.70. The number of amides is 2. The number of anilines is 1. The first-order chi connectivity index (χ1) is 13.4. The Balaban J connectivity index is 1.65. The average molecular weight is 379 g/mol. The Labute approximate surface area is 160 Å². The number of phenolic OH excluding ortho intramolecular Hbond substituents is 3. The smallest absolute Gasteiger partial charge is 0.257 e. The first kappa shape index (κ1) is 18.7. The van der Waals surface area contributed by atoms with Gasteiger partial charge in [-0.2, -0.15) is 0 Å². The summed E-state index contributed by atoms with van der Waals surface area (Å²) in [6.45, 7) is 0.151. The molecule has 3 rings (SSSR count). The number of carbonyl (C=O) groups excluding carboxylic acids is 2.